The molecule has 1 fully saturated rings. The maximum atomic E-state index is 12.7. The van der Waals surface area contributed by atoms with Crippen LogP contribution in [0.4, 0.5) is 0 Å². The second-order valence-corrected chi connectivity index (χ2v) is 8.19. The van der Waals surface area contributed by atoms with Crippen LogP contribution in [0.1, 0.15) is 5.56 Å². The predicted molar refractivity (Wildman–Crippen MR) is 92.0 cm³/mol. The summed E-state index contributed by atoms with van der Waals surface area (Å²) in [6, 6.07) is 15.5. The Labute approximate surface area is 138 Å². The molecule has 0 unspecified atom stereocenters. The van der Waals surface area contributed by atoms with E-state index < -0.39 is 10.0 Å². The number of likely N-dealkylation sites (N-methyl/N-ethyl adjacent to an activating group) is 1. The summed E-state index contributed by atoms with van der Waals surface area (Å²) in [5, 5.41) is 0. The Morgan fingerprint density at radius 2 is 1.35 bits per heavy atom. The highest BCUT2D eigenvalue weighted by Crippen LogP contribution is 2.23. The van der Waals surface area contributed by atoms with Crippen LogP contribution >= 0.6 is 0 Å². The number of hydrogen-bond donors (Lipinski definition) is 1. The first-order chi connectivity index (χ1) is 11.0. The van der Waals surface area contributed by atoms with Crippen LogP contribution in [0.2, 0.25) is 0 Å². The van der Waals surface area contributed by atoms with E-state index in [4.69, 9.17) is 0 Å². The molecule has 23 heavy (non-hydrogen) atoms. The molecule has 0 radical (unpaired) electrons. The number of benzene rings is 2. The van der Waals surface area contributed by atoms with Gasteiger partial charge in [-0.3, -0.25) is 0 Å². The molecule has 0 atom stereocenters. The van der Waals surface area contributed by atoms with Crippen molar-refractivity contribution < 1.29 is 13.3 Å². The zero-order chi connectivity index (χ0) is 16.4. The van der Waals surface area contributed by atoms with Crippen LogP contribution in [0.5, 0.6) is 0 Å². The molecule has 1 N–H and O–H groups in total. The second kappa shape index (κ2) is 6.43. The highest BCUT2D eigenvalue weighted by atomic mass is 32.2. The number of hydrogen-bond acceptors (Lipinski definition) is 2. The molecular weight excluding hydrogens is 308 g/mol. The van der Waals surface area contributed by atoms with Crippen LogP contribution in [0, 0.1) is 6.92 Å². The Morgan fingerprint density at radius 3 is 1.87 bits per heavy atom. The largest absolute Gasteiger partial charge is 0.335 e. The number of nitrogens with one attached hydrogen (secondary N) is 1. The van der Waals surface area contributed by atoms with Crippen molar-refractivity contribution in [2.45, 2.75) is 11.8 Å². The maximum Gasteiger partial charge on any atom is 0.243 e. The normalized spacial score (nSPS) is 17.3. The second-order valence-electron chi connectivity index (χ2n) is 6.25. The molecular formula is C18H23N2O2S+. The number of quaternary nitrogens is 1. The first kappa shape index (κ1) is 16.2. The van der Waals surface area contributed by atoms with Gasteiger partial charge in [0.1, 0.15) is 0 Å². The van der Waals surface area contributed by atoms with E-state index in [-0.39, 0.29) is 0 Å². The number of sulfonamides is 1. The lowest BCUT2D eigenvalue weighted by Crippen LogP contribution is -3.12. The topological polar surface area (TPSA) is 41.8 Å². The van der Waals surface area contributed by atoms with E-state index in [2.05, 4.69) is 38.2 Å². The first-order valence-electron chi connectivity index (χ1n) is 7.95. The number of piperazine rings is 1. The van der Waals surface area contributed by atoms with Gasteiger partial charge < -0.3 is 4.90 Å². The van der Waals surface area contributed by atoms with E-state index in [1.54, 1.807) is 16.4 Å². The lowest BCUT2D eigenvalue weighted by molar-refractivity contribution is -0.883. The van der Waals surface area contributed by atoms with Crippen molar-refractivity contribution in [3.63, 3.8) is 0 Å². The van der Waals surface area contributed by atoms with E-state index in [9.17, 15) is 8.42 Å². The van der Waals surface area contributed by atoms with Gasteiger partial charge in [-0.1, -0.05) is 42.0 Å². The molecule has 5 heteroatoms. The third-order valence-corrected chi connectivity index (χ3v) is 6.37. The van der Waals surface area contributed by atoms with Crippen molar-refractivity contribution in [3.8, 4) is 11.1 Å². The van der Waals surface area contributed by atoms with Crippen molar-refractivity contribution in [3.05, 3.63) is 54.1 Å². The zero-order valence-electron chi connectivity index (χ0n) is 13.6. The summed E-state index contributed by atoms with van der Waals surface area (Å²) in [5.41, 5.74) is 3.35. The Hall–Kier alpha value is -1.69. The van der Waals surface area contributed by atoms with Gasteiger partial charge in [0.2, 0.25) is 10.0 Å². The van der Waals surface area contributed by atoms with Gasteiger partial charge in [0.15, 0.2) is 0 Å². The zero-order valence-corrected chi connectivity index (χ0v) is 14.4. The van der Waals surface area contributed by atoms with E-state index in [1.807, 2.05) is 12.1 Å². The van der Waals surface area contributed by atoms with E-state index in [0.717, 1.165) is 24.2 Å². The summed E-state index contributed by atoms with van der Waals surface area (Å²) in [7, 11) is -1.27. The van der Waals surface area contributed by atoms with E-state index in [1.165, 1.54) is 10.5 Å². The average molecular weight is 331 g/mol. The summed E-state index contributed by atoms with van der Waals surface area (Å²) in [5.74, 6) is 0. The van der Waals surface area contributed by atoms with Gasteiger partial charge >= 0.3 is 0 Å². The molecule has 2 aromatic rings. The molecule has 0 bridgehead atoms. The summed E-state index contributed by atoms with van der Waals surface area (Å²) in [6.07, 6.45) is 0. The van der Waals surface area contributed by atoms with Gasteiger partial charge in [-0.15, -0.1) is 0 Å². The fourth-order valence-corrected chi connectivity index (χ4v) is 4.26. The molecule has 0 saturated carbocycles. The molecule has 1 aliphatic rings. The monoisotopic (exact) mass is 331 g/mol. The van der Waals surface area contributed by atoms with Crippen LogP contribution in [0.15, 0.2) is 53.4 Å². The Bertz CT molecular complexity index is 760. The molecule has 3 rings (SSSR count). The van der Waals surface area contributed by atoms with Gasteiger partial charge in [0.05, 0.1) is 38.1 Å². The maximum absolute atomic E-state index is 12.7. The molecule has 122 valence electrons. The van der Waals surface area contributed by atoms with Gasteiger partial charge in [-0.2, -0.15) is 4.31 Å². The standard InChI is InChI=1S/C18H22N2O2S/c1-15-3-5-16(6-4-15)17-7-9-18(10-8-17)23(21,22)20-13-11-19(2)12-14-20/h3-10H,11-14H2,1-2H3/p+1. The van der Waals surface area contributed by atoms with Gasteiger partial charge in [-0.25, -0.2) is 8.42 Å². The lowest BCUT2D eigenvalue weighted by atomic mass is 10.0. The molecule has 2 aromatic carbocycles. The minimum atomic E-state index is -3.37. The highest BCUT2D eigenvalue weighted by Gasteiger charge is 2.28. The molecule has 0 amide bonds. The van der Waals surface area contributed by atoms with Crippen LogP contribution in [0.25, 0.3) is 11.1 Å². The van der Waals surface area contributed by atoms with Crippen molar-refractivity contribution in [2.24, 2.45) is 0 Å². The summed E-state index contributed by atoms with van der Waals surface area (Å²) in [4.78, 5) is 1.76. The molecule has 1 heterocycles. The number of rotatable bonds is 3. The Balaban J connectivity index is 1.82. The Morgan fingerprint density at radius 1 is 0.870 bits per heavy atom. The van der Waals surface area contributed by atoms with Crippen LogP contribution in [-0.4, -0.2) is 45.9 Å². The minimum Gasteiger partial charge on any atom is -0.335 e. The molecule has 0 aliphatic carbocycles. The fourth-order valence-electron chi connectivity index (χ4n) is 2.82. The van der Waals surface area contributed by atoms with Crippen LogP contribution in [0.3, 0.4) is 0 Å². The SMILES string of the molecule is Cc1ccc(-c2ccc(S(=O)(=O)N3CC[NH+](C)CC3)cc2)cc1. The Kier molecular flexibility index (Phi) is 4.53. The van der Waals surface area contributed by atoms with E-state index >= 15 is 0 Å². The third-order valence-electron chi connectivity index (χ3n) is 4.45. The molecule has 0 spiro atoms. The van der Waals surface area contributed by atoms with Crippen molar-refractivity contribution >= 4 is 10.0 Å². The van der Waals surface area contributed by atoms with Gasteiger partial charge in [0, 0.05) is 0 Å². The van der Waals surface area contributed by atoms with Crippen molar-refractivity contribution in [1.29, 1.82) is 0 Å². The predicted octanol–water partition coefficient (Wildman–Crippen LogP) is 1.18. The molecule has 0 aromatic heterocycles. The third kappa shape index (κ3) is 3.47. The van der Waals surface area contributed by atoms with Gasteiger partial charge in [0.25, 0.3) is 0 Å². The average Bonchev–Trinajstić information content (AvgIpc) is 2.56. The first-order valence-corrected chi connectivity index (χ1v) is 9.39. The van der Waals surface area contributed by atoms with Crippen molar-refractivity contribution in [2.75, 3.05) is 33.2 Å². The quantitative estimate of drug-likeness (QED) is 0.918. The summed E-state index contributed by atoms with van der Waals surface area (Å²) >= 11 is 0. The number of nitrogens with zero attached hydrogens (tertiary/aromatic N) is 1. The highest BCUT2D eigenvalue weighted by molar-refractivity contribution is 7.89. The fraction of sp³-hybridized carbons (Fsp3) is 0.333. The van der Waals surface area contributed by atoms with E-state index in [0.29, 0.717) is 18.0 Å². The van der Waals surface area contributed by atoms with Gasteiger partial charge in [-0.05, 0) is 30.2 Å². The van der Waals surface area contributed by atoms with Crippen LogP contribution < -0.4 is 4.90 Å². The molecule has 1 saturated heterocycles. The van der Waals surface area contributed by atoms with Crippen LogP contribution in [-0.2, 0) is 10.0 Å². The van der Waals surface area contributed by atoms with Crippen molar-refractivity contribution in [1.82, 2.24) is 4.31 Å². The number of aryl methyl sites for hydroxylation is 1. The lowest BCUT2D eigenvalue weighted by Gasteiger charge is -2.29. The minimum absolute atomic E-state index is 0.382. The molecule has 4 nitrogen and oxygen atoms in total. The summed E-state index contributed by atoms with van der Waals surface area (Å²) < 4.78 is 27.0. The summed E-state index contributed by atoms with van der Waals surface area (Å²) in [6.45, 7) is 4.96. The smallest absolute Gasteiger partial charge is 0.243 e. The molecule has 1 aliphatic heterocycles.